The summed E-state index contributed by atoms with van der Waals surface area (Å²) in [7, 11) is 0. The Labute approximate surface area is 183 Å². The lowest BCUT2D eigenvalue weighted by Gasteiger charge is -2.59. The van der Waals surface area contributed by atoms with E-state index in [0.717, 1.165) is 0 Å². The summed E-state index contributed by atoms with van der Waals surface area (Å²) in [6, 6.07) is 0. The second kappa shape index (κ2) is 5.22. The van der Waals surface area contributed by atoms with Crippen LogP contribution in [0.2, 0.25) is 0 Å². The van der Waals surface area contributed by atoms with E-state index in [1.54, 1.807) is 77.0 Å². The zero-order chi connectivity index (χ0) is 18.9. The van der Waals surface area contributed by atoms with E-state index in [4.69, 9.17) is 0 Å². The Hall–Kier alpha value is 0. The van der Waals surface area contributed by atoms with Crippen LogP contribution < -0.4 is 0 Å². The maximum atomic E-state index is 1.73. The molecule has 0 aromatic carbocycles. The summed E-state index contributed by atoms with van der Waals surface area (Å²) in [5.41, 5.74) is 0. The van der Waals surface area contributed by atoms with Crippen molar-refractivity contribution in [2.45, 2.75) is 77.0 Å². The molecule has 0 amide bonds. The molecule has 30 heavy (non-hydrogen) atoms. The minimum atomic E-state index is 1.19. The van der Waals surface area contributed by atoms with Crippen molar-refractivity contribution in [2.24, 2.45) is 107 Å². The monoisotopic (exact) mass is 402 g/mol. The molecule has 12 atom stereocenters. The van der Waals surface area contributed by atoms with Crippen LogP contribution in [0, 0.1) is 107 Å². The van der Waals surface area contributed by atoms with Crippen molar-refractivity contribution in [2.75, 3.05) is 0 Å². The molecule has 0 aromatic rings. The number of hydrogen-bond donors (Lipinski definition) is 0. The third-order valence-electron chi connectivity index (χ3n) is 15.3. The van der Waals surface area contributed by atoms with Crippen LogP contribution in [-0.2, 0) is 0 Å². The van der Waals surface area contributed by atoms with Crippen LogP contribution in [0.1, 0.15) is 77.0 Å². The molecular weight excluding hydrogens is 360 g/mol. The molecule has 0 nitrogen and oxygen atoms in total. The third-order valence-corrected chi connectivity index (χ3v) is 15.3. The van der Waals surface area contributed by atoms with Crippen LogP contribution in [0.4, 0.5) is 0 Å². The second-order valence-corrected chi connectivity index (χ2v) is 15.0. The molecule has 0 heterocycles. The fraction of sp³-hybridized carbons (Fsp3) is 1.00. The lowest BCUT2D eigenvalue weighted by molar-refractivity contribution is -0.121. The molecule has 0 heteroatoms. The van der Waals surface area contributed by atoms with Crippen molar-refractivity contribution in [1.82, 2.24) is 0 Å². The van der Waals surface area contributed by atoms with Gasteiger partial charge in [0, 0.05) is 0 Å². The Morgan fingerprint density at radius 2 is 0.600 bits per heavy atom. The normalized spacial score (nSPS) is 74.4. The van der Waals surface area contributed by atoms with Crippen LogP contribution in [0.15, 0.2) is 0 Å². The molecule has 0 aliphatic heterocycles. The van der Waals surface area contributed by atoms with Gasteiger partial charge in [-0.05, 0) is 145 Å². The van der Waals surface area contributed by atoms with Crippen molar-refractivity contribution in [3.05, 3.63) is 0 Å². The molecule has 0 spiro atoms. The van der Waals surface area contributed by atoms with Crippen molar-refractivity contribution in [3.63, 3.8) is 0 Å². The smallest absolute Gasteiger partial charge is 0.0312 e. The van der Waals surface area contributed by atoms with Crippen molar-refractivity contribution in [3.8, 4) is 0 Å². The molecule has 0 aromatic heterocycles. The standard InChI is InChI=1S/C30H42/c1-4-13-10-20-17-8-3-6-15-12-21-18-9-2-5-14-11-19-16(7-1)22(13)28-25(19)29(23(14)18)27(21)30(24(15)17)26(20)28/h13-30H,1-12H2. The first kappa shape index (κ1) is 16.6. The van der Waals surface area contributed by atoms with Crippen molar-refractivity contribution < 1.29 is 0 Å². The van der Waals surface area contributed by atoms with E-state index in [1.165, 1.54) is 107 Å². The van der Waals surface area contributed by atoms with Gasteiger partial charge in [0.15, 0.2) is 0 Å². The fourth-order valence-corrected chi connectivity index (χ4v) is 15.9. The predicted molar refractivity (Wildman–Crippen MR) is 118 cm³/mol. The van der Waals surface area contributed by atoms with Crippen LogP contribution in [0.5, 0.6) is 0 Å². The van der Waals surface area contributed by atoms with E-state index in [0.29, 0.717) is 0 Å². The predicted octanol–water partition coefficient (Wildman–Crippen LogP) is 6.90. The van der Waals surface area contributed by atoms with E-state index in [2.05, 4.69) is 0 Å². The molecule has 10 rings (SSSR count). The van der Waals surface area contributed by atoms with Gasteiger partial charge in [-0.3, -0.25) is 0 Å². The summed E-state index contributed by atoms with van der Waals surface area (Å²) in [6.45, 7) is 0. The molecule has 0 bridgehead atoms. The Kier molecular flexibility index (Phi) is 2.89. The zero-order valence-corrected chi connectivity index (χ0v) is 18.9. The van der Waals surface area contributed by atoms with Crippen LogP contribution >= 0.6 is 0 Å². The van der Waals surface area contributed by atoms with Gasteiger partial charge < -0.3 is 0 Å². The molecule has 10 aliphatic rings. The van der Waals surface area contributed by atoms with E-state index >= 15 is 0 Å². The first-order chi connectivity index (χ1) is 14.9. The topological polar surface area (TPSA) is 0 Å². The first-order valence-corrected chi connectivity index (χ1v) is 14.9. The largest absolute Gasteiger partial charge is 0.0527 e. The quantitative estimate of drug-likeness (QED) is 0.413. The molecule has 12 unspecified atom stereocenters. The minimum Gasteiger partial charge on any atom is -0.0527 e. The Bertz CT molecular complexity index is 681. The Balaban J connectivity index is 1.24. The van der Waals surface area contributed by atoms with Gasteiger partial charge >= 0.3 is 0 Å². The van der Waals surface area contributed by atoms with Gasteiger partial charge in [-0.25, -0.2) is 0 Å². The lowest BCUT2D eigenvalue weighted by atomic mass is 9.45. The van der Waals surface area contributed by atoms with Gasteiger partial charge in [0.25, 0.3) is 0 Å². The summed E-state index contributed by atoms with van der Waals surface area (Å²) < 4.78 is 0. The molecule has 0 N–H and O–H groups in total. The van der Waals surface area contributed by atoms with Crippen LogP contribution in [-0.4, -0.2) is 0 Å². The zero-order valence-electron chi connectivity index (χ0n) is 18.9. The first-order valence-electron chi connectivity index (χ1n) is 14.9. The number of rotatable bonds is 0. The van der Waals surface area contributed by atoms with Gasteiger partial charge in [-0.15, -0.1) is 0 Å². The average molecular weight is 403 g/mol. The molecule has 10 aliphatic carbocycles. The summed E-state index contributed by atoms with van der Waals surface area (Å²) in [5, 5.41) is 0. The highest BCUT2D eigenvalue weighted by atomic mass is 14.8. The van der Waals surface area contributed by atoms with Gasteiger partial charge in [-0.1, -0.05) is 38.5 Å². The van der Waals surface area contributed by atoms with Crippen molar-refractivity contribution in [1.29, 1.82) is 0 Å². The van der Waals surface area contributed by atoms with E-state index in [9.17, 15) is 0 Å². The summed E-state index contributed by atoms with van der Waals surface area (Å²) >= 11 is 0. The van der Waals surface area contributed by atoms with Crippen LogP contribution in [0.3, 0.4) is 0 Å². The molecule has 0 saturated heterocycles. The molecule has 162 valence electrons. The van der Waals surface area contributed by atoms with E-state index < -0.39 is 0 Å². The number of hydrogen-bond acceptors (Lipinski definition) is 0. The molecule has 0 radical (unpaired) electrons. The number of fused-ring (bicyclic) bond motifs is 3. The summed E-state index contributed by atoms with van der Waals surface area (Å²) in [4.78, 5) is 0. The fourth-order valence-electron chi connectivity index (χ4n) is 15.9. The average Bonchev–Trinajstić information content (AvgIpc) is 3.40. The van der Waals surface area contributed by atoms with Crippen molar-refractivity contribution >= 4 is 0 Å². The van der Waals surface area contributed by atoms with Gasteiger partial charge in [-0.2, -0.15) is 0 Å². The maximum Gasteiger partial charge on any atom is -0.0312 e. The molecule has 10 saturated carbocycles. The van der Waals surface area contributed by atoms with Gasteiger partial charge in [0.05, 0.1) is 0 Å². The Morgan fingerprint density at radius 3 is 0.933 bits per heavy atom. The minimum absolute atomic E-state index is 1.19. The molecular formula is C30H42. The van der Waals surface area contributed by atoms with E-state index in [1.807, 2.05) is 0 Å². The lowest BCUT2D eigenvalue weighted by Crippen LogP contribution is -2.55. The van der Waals surface area contributed by atoms with Gasteiger partial charge in [0.1, 0.15) is 0 Å². The second-order valence-electron chi connectivity index (χ2n) is 15.0. The highest BCUT2D eigenvalue weighted by Crippen LogP contribution is 2.83. The highest BCUT2D eigenvalue weighted by molar-refractivity contribution is 5.25. The maximum absolute atomic E-state index is 1.73. The Morgan fingerprint density at radius 1 is 0.267 bits per heavy atom. The SMILES string of the molecule is C1CC2CC3C4CCCC5CC6C7CCCC8CC9C(C1)C2C1C3C(C54)C6C(C87)C91. The summed E-state index contributed by atoms with van der Waals surface area (Å²) in [5.74, 6) is 22.0. The summed E-state index contributed by atoms with van der Waals surface area (Å²) in [6.07, 6.45) is 20.0. The molecule has 10 fully saturated rings. The van der Waals surface area contributed by atoms with Gasteiger partial charge in [0.2, 0.25) is 0 Å². The van der Waals surface area contributed by atoms with E-state index in [-0.39, 0.29) is 0 Å². The van der Waals surface area contributed by atoms with Crippen LogP contribution in [0.25, 0.3) is 0 Å². The third kappa shape index (κ3) is 1.57. The highest BCUT2D eigenvalue weighted by Gasteiger charge is 2.78.